The molecule has 0 radical (unpaired) electrons. The Balaban J connectivity index is 0. The lowest BCUT2D eigenvalue weighted by Gasteiger charge is -1.86. The van der Waals surface area contributed by atoms with Crippen LogP contribution in [0.2, 0.25) is 0 Å². The molecule has 0 aliphatic heterocycles. The highest BCUT2D eigenvalue weighted by atomic mass is 16.4. The maximum absolute atomic E-state index is 9.60. The van der Waals surface area contributed by atoms with Crippen LogP contribution in [0.15, 0.2) is 12.2 Å². The van der Waals surface area contributed by atoms with Crippen molar-refractivity contribution in [1.29, 1.82) is 0 Å². The molecule has 0 saturated heterocycles. The number of aliphatic carboxylic acids is 1. The minimum absolute atomic E-state index is 0.176. The molecule has 0 bridgehead atoms. The van der Waals surface area contributed by atoms with Crippen LogP contribution in [0, 0.1) is 0 Å². The van der Waals surface area contributed by atoms with E-state index < -0.39 is 5.97 Å². The predicted octanol–water partition coefficient (Wildman–Crippen LogP) is 1.26. The second-order valence-electron chi connectivity index (χ2n) is 2.04. The molecule has 0 aliphatic rings. The van der Waals surface area contributed by atoms with Gasteiger partial charge in [-0.2, -0.15) is 0 Å². The van der Waals surface area contributed by atoms with Crippen molar-refractivity contribution in [3.8, 4) is 0 Å². The van der Waals surface area contributed by atoms with Crippen molar-refractivity contribution in [2.75, 3.05) is 13.1 Å². The van der Waals surface area contributed by atoms with E-state index in [9.17, 15) is 4.79 Å². The van der Waals surface area contributed by atoms with E-state index in [-0.39, 0.29) is 5.57 Å². The fourth-order valence-electron chi connectivity index (χ4n) is 0.250. The van der Waals surface area contributed by atoms with Gasteiger partial charge in [0.2, 0.25) is 0 Å². The van der Waals surface area contributed by atoms with Gasteiger partial charge in [0, 0.05) is 5.57 Å². The van der Waals surface area contributed by atoms with E-state index in [1.165, 1.54) is 6.92 Å². The molecular weight excluding hydrogens is 142 g/mol. The molecule has 0 amide bonds. The lowest BCUT2D eigenvalue weighted by molar-refractivity contribution is -0.132. The van der Waals surface area contributed by atoms with Crippen molar-refractivity contribution in [3.05, 3.63) is 12.2 Å². The minimum atomic E-state index is -0.935. The summed E-state index contributed by atoms with van der Waals surface area (Å²) in [5.74, 6) is -0.935. The minimum Gasteiger partial charge on any atom is -0.478 e. The Bertz CT molecular complexity index is 107. The summed E-state index contributed by atoms with van der Waals surface area (Å²) < 4.78 is 0. The lowest BCUT2D eigenvalue weighted by Crippen LogP contribution is -2.09. The molecule has 2 N–H and O–H groups in total. The summed E-state index contributed by atoms with van der Waals surface area (Å²) in [7, 11) is 0. The molecule has 0 aromatic heterocycles. The largest absolute Gasteiger partial charge is 0.478 e. The first-order valence-electron chi connectivity index (χ1n) is 3.65. The third kappa shape index (κ3) is 17.6. The summed E-state index contributed by atoms with van der Waals surface area (Å²) in [6, 6.07) is 0. The summed E-state index contributed by atoms with van der Waals surface area (Å²) >= 11 is 0. The Morgan fingerprint density at radius 1 is 1.45 bits per heavy atom. The quantitative estimate of drug-likeness (QED) is 0.609. The molecule has 0 atom stereocenters. The third-order valence-corrected chi connectivity index (χ3v) is 0.865. The summed E-state index contributed by atoms with van der Waals surface area (Å²) in [6.45, 7) is 11.0. The highest BCUT2D eigenvalue weighted by Crippen LogP contribution is 1.81. The van der Waals surface area contributed by atoms with Gasteiger partial charge in [-0.3, -0.25) is 0 Å². The van der Waals surface area contributed by atoms with Crippen LogP contribution in [0.3, 0.4) is 0 Å². The fourth-order valence-corrected chi connectivity index (χ4v) is 0.250. The van der Waals surface area contributed by atoms with E-state index in [4.69, 9.17) is 5.11 Å². The van der Waals surface area contributed by atoms with Crippen LogP contribution in [-0.4, -0.2) is 24.2 Å². The SMILES string of the molecule is C=C(C)C(=O)O.CCNCC. The van der Waals surface area contributed by atoms with Gasteiger partial charge < -0.3 is 10.4 Å². The molecule has 0 saturated carbocycles. The van der Waals surface area contributed by atoms with Gasteiger partial charge in [-0.15, -0.1) is 0 Å². The molecule has 0 aromatic carbocycles. The number of hydrogen-bond acceptors (Lipinski definition) is 2. The number of rotatable bonds is 3. The summed E-state index contributed by atoms with van der Waals surface area (Å²) in [5, 5.41) is 11.0. The molecular formula is C8H17NO2. The molecule has 0 aliphatic carbocycles. The smallest absolute Gasteiger partial charge is 0.330 e. The number of carbonyl (C=O) groups is 1. The van der Waals surface area contributed by atoms with E-state index in [1.807, 2.05) is 0 Å². The second kappa shape index (κ2) is 9.17. The van der Waals surface area contributed by atoms with Crippen LogP contribution in [-0.2, 0) is 4.79 Å². The molecule has 0 fully saturated rings. The Morgan fingerprint density at radius 3 is 1.73 bits per heavy atom. The highest BCUT2D eigenvalue weighted by molar-refractivity contribution is 5.84. The first kappa shape index (κ1) is 12.8. The van der Waals surface area contributed by atoms with Crippen LogP contribution in [0.1, 0.15) is 20.8 Å². The number of carboxylic acids is 1. The topological polar surface area (TPSA) is 49.3 Å². The number of carboxylic acid groups (broad SMARTS) is 1. The standard InChI is InChI=1S/C4H11N.C4H6O2/c1-3-5-4-2;1-3(2)4(5)6/h5H,3-4H2,1-2H3;1H2,2H3,(H,5,6). The average Bonchev–Trinajstić information content (AvgIpc) is 1.90. The Morgan fingerprint density at radius 2 is 1.73 bits per heavy atom. The molecule has 0 aromatic rings. The normalized spacial score (nSPS) is 7.91. The van der Waals surface area contributed by atoms with Gasteiger partial charge in [0.05, 0.1) is 0 Å². The van der Waals surface area contributed by atoms with Gasteiger partial charge in [-0.25, -0.2) is 4.79 Å². The predicted molar refractivity (Wildman–Crippen MR) is 46.7 cm³/mol. The maximum Gasteiger partial charge on any atom is 0.330 e. The number of nitrogens with one attached hydrogen (secondary N) is 1. The first-order chi connectivity index (χ1) is 5.06. The average molecular weight is 159 g/mol. The molecule has 0 spiro atoms. The van der Waals surface area contributed by atoms with Crippen molar-refractivity contribution >= 4 is 5.97 Å². The van der Waals surface area contributed by atoms with E-state index in [0.717, 1.165) is 13.1 Å². The monoisotopic (exact) mass is 159 g/mol. The van der Waals surface area contributed by atoms with Crippen LogP contribution in [0.4, 0.5) is 0 Å². The van der Waals surface area contributed by atoms with E-state index in [2.05, 4.69) is 25.7 Å². The van der Waals surface area contributed by atoms with Crippen LogP contribution in [0.5, 0.6) is 0 Å². The molecule has 11 heavy (non-hydrogen) atoms. The van der Waals surface area contributed by atoms with Crippen molar-refractivity contribution in [2.45, 2.75) is 20.8 Å². The van der Waals surface area contributed by atoms with Gasteiger partial charge in [-0.05, 0) is 20.0 Å². The van der Waals surface area contributed by atoms with Crippen LogP contribution in [0.25, 0.3) is 0 Å². The Hall–Kier alpha value is -0.830. The van der Waals surface area contributed by atoms with Crippen molar-refractivity contribution < 1.29 is 9.90 Å². The van der Waals surface area contributed by atoms with E-state index in [1.54, 1.807) is 0 Å². The molecule has 0 unspecified atom stereocenters. The van der Waals surface area contributed by atoms with Gasteiger partial charge in [0.15, 0.2) is 0 Å². The zero-order valence-electron chi connectivity index (χ0n) is 7.48. The van der Waals surface area contributed by atoms with Crippen molar-refractivity contribution in [1.82, 2.24) is 5.32 Å². The summed E-state index contributed by atoms with van der Waals surface area (Å²) in [4.78, 5) is 9.60. The maximum atomic E-state index is 9.60. The Kier molecular flexibility index (Phi) is 10.7. The molecule has 0 rings (SSSR count). The van der Waals surface area contributed by atoms with E-state index >= 15 is 0 Å². The van der Waals surface area contributed by atoms with Gasteiger partial charge >= 0.3 is 5.97 Å². The van der Waals surface area contributed by atoms with Gasteiger partial charge in [0.25, 0.3) is 0 Å². The van der Waals surface area contributed by atoms with Crippen LogP contribution >= 0.6 is 0 Å². The fraction of sp³-hybridized carbons (Fsp3) is 0.625. The van der Waals surface area contributed by atoms with Gasteiger partial charge in [0.1, 0.15) is 0 Å². The van der Waals surface area contributed by atoms with Crippen LogP contribution < -0.4 is 5.32 Å². The summed E-state index contributed by atoms with van der Waals surface area (Å²) in [5.41, 5.74) is 0.176. The molecule has 3 nitrogen and oxygen atoms in total. The molecule has 0 heterocycles. The molecule has 3 heteroatoms. The lowest BCUT2D eigenvalue weighted by atomic mass is 10.4. The van der Waals surface area contributed by atoms with Crippen molar-refractivity contribution in [3.63, 3.8) is 0 Å². The first-order valence-corrected chi connectivity index (χ1v) is 3.65. The van der Waals surface area contributed by atoms with Gasteiger partial charge in [-0.1, -0.05) is 20.4 Å². The number of hydrogen-bond donors (Lipinski definition) is 2. The zero-order valence-corrected chi connectivity index (χ0v) is 7.48. The Labute approximate surface area is 68.1 Å². The van der Waals surface area contributed by atoms with E-state index in [0.29, 0.717) is 0 Å². The second-order valence-corrected chi connectivity index (χ2v) is 2.04. The summed E-state index contributed by atoms with van der Waals surface area (Å²) in [6.07, 6.45) is 0. The third-order valence-electron chi connectivity index (χ3n) is 0.865. The molecule has 66 valence electrons. The zero-order chi connectivity index (χ0) is 9.28. The van der Waals surface area contributed by atoms with Crippen molar-refractivity contribution in [2.24, 2.45) is 0 Å². The highest BCUT2D eigenvalue weighted by Gasteiger charge is 1.90.